The zero-order valence-corrected chi connectivity index (χ0v) is 10.3. The monoisotopic (exact) mass is 237 g/mol. The fourth-order valence-electron chi connectivity index (χ4n) is 1.69. The topological polar surface area (TPSA) is 72.4 Å². The maximum atomic E-state index is 10.7. The maximum Gasteiger partial charge on any atom is 0.269 e. The Balaban J connectivity index is 2.78. The highest BCUT2D eigenvalue weighted by Crippen LogP contribution is 2.15. The summed E-state index contributed by atoms with van der Waals surface area (Å²) in [5, 5.41) is 10.7. The number of nitro benzene ring substituents is 1. The zero-order chi connectivity index (χ0) is 12.8. The van der Waals surface area contributed by atoms with Crippen LogP contribution in [0.5, 0.6) is 0 Å². The standard InChI is InChI=1S/C12H19N3O2/c1-10(2)14(7-6-13)9-11-4-3-5-12(8-11)15(16)17/h3-5,8,10H,6-7,9,13H2,1-2H3. The Kier molecular flexibility index (Phi) is 5.06. The molecule has 0 atom stereocenters. The van der Waals surface area contributed by atoms with Gasteiger partial charge in [0.15, 0.2) is 0 Å². The summed E-state index contributed by atoms with van der Waals surface area (Å²) >= 11 is 0. The molecule has 0 fully saturated rings. The summed E-state index contributed by atoms with van der Waals surface area (Å²) in [4.78, 5) is 12.5. The smallest absolute Gasteiger partial charge is 0.269 e. The van der Waals surface area contributed by atoms with E-state index < -0.39 is 0 Å². The van der Waals surface area contributed by atoms with Crippen molar-refractivity contribution in [3.8, 4) is 0 Å². The third-order valence-corrected chi connectivity index (χ3v) is 2.65. The predicted molar refractivity (Wildman–Crippen MR) is 67.7 cm³/mol. The third kappa shape index (κ3) is 4.13. The van der Waals surface area contributed by atoms with E-state index in [1.54, 1.807) is 12.1 Å². The number of benzene rings is 1. The van der Waals surface area contributed by atoms with Crippen molar-refractivity contribution in [2.45, 2.75) is 26.4 Å². The Morgan fingerprint density at radius 2 is 2.18 bits per heavy atom. The molecular weight excluding hydrogens is 218 g/mol. The molecule has 0 amide bonds. The molecule has 0 aliphatic rings. The van der Waals surface area contributed by atoms with E-state index in [-0.39, 0.29) is 10.6 Å². The Labute approximate surface area is 101 Å². The van der Waals surface area contributed by atoms with E-state index in [0.717, 1.165) is 12.1 Å². The molecule has 0 saturated heterocycles. The first-order chi connectivity index (χ1) is 8.04. The average Bonchev–Trinajstić information content (AvgIpc) is 2.28. The number of non-ortho nitro benzene ring substituents is 1. The van der Waals surface area contributed by atoms with Gasteiger partial charge in [-0.15, -0.1) is 0 Å². The number of nitrogens with zero attached hydrogens (tertiary/aromatic N) is 2. The minimum Gasteiger partial charge on any atom is -0.329 e. The van der Waals surface area contributed by atoms with Crippen LogP contribution in [-0.4, -0.2) is 29.0 Å². The van der Waals surface area contributed by atoms with Crippen molar-refractivity contribution in [3.63, 3.8) is 0 Å². The van der Waals surface area contributed by atoms with E-state index in [2.05, 4.69) is 18.7 Å². The number of hydrogen-bond acceptors (Lipinski definition) is 4. The third-order valence-electron chi connectivity index (χ3n) is 2.65. The number of nitro groups is 1. The number of rotatable bonds is 6. The molecule has 5 heteroatoms. The Hall–Kier alpha value is -1.46. The SMILES string of the molecule is CC(C)N(CCN)Cc1cccc([N+](=O)[O-])c1. The first kappa shape index (κ1) is 13.6. The molecule has 0 heterocycles. The summed E-state index contributed by atoms with van der Waals surface area (Å²) in [5.74, 6) is 0. The molecule has 0 aromatic heterocycles. The van der Waals surface area contributed by atoms with Gasteiger partial charge in [-0.1, -0.05) is 12.1 Å². The van der Waals surface area contributed by atoms with Crippen molar-refractivity contribution >= 4 is 5.69 Å². The fourth-order valence-corrected chi connectivity index (χ4v) is 1.69. The molecule has 2 N–H and O–H groups in total. The van der Waals surface area contributed by atoms with Gasteiger partial charge in [-0.2, -0.15) is 0 Å². The van der Waals surface area contributed by atoms with Gasteiger partial charge in [0.05, 0.1) is 4.92 Å². The van der Waals surface area contributed by atoms with Crippen LogP contribution in [0.1, 0.15) is 19.4 Å². The molecular formula is C12H19N3O2. The molecule has 1 aromatic carbocycles. The van der Waals surface area contributed by atoms with Gasteiger partial charge in [0, 0.05) is 37.8 Å². The maximum absolute atomic E-state index is 10.7. The summed E-state index contributed by atoms with van der Waals surface area (Å²) in [7, 11) is 0. The molecule has 94 valence electrons. The molecule has 0 radical (unpaired) electrons. The Bertz CT molecular complexity index is 380. The zero-order valence-electron chi connectivity index (χ0n) is 10.3. The lowest BCUT2D eigenvalue weighted by Gasteiger charge is -2.25. The number of nitrogens with two attached hydrogens (primary N) is 1. The quantitative estimate of drug-likeness (QED) is 0.604. The highest BCUT2D eigenvalue weighted by molar-refractivity contribution is 5.34. The highest BCUT2D eigenvalue weighted by Gasteiger charge is 2.11. The van der Waals surface area contributed by atoms with Gasteiger partial charge >= 0.3 is 0 Å². The van der Waals surface area contributed by atoms with Gasteiger partial charge in [0.25, 0.3) is 5.69 Å². The Morgan fingerprint density at radius 1 is 1.47 bits per heavy atom. The summed E-state index contributed by atoms with van der Waals surface area (Å²) in [6, 6.07) is 7.11. The fraction of sp³-hybridized carbons (Fsp3) is 0.500. The summed E-state index contributed by atoms with van der Waals surface area (Å²) in [5.41, 5.74) is 6.63. The average molecular weight is 237 g/mol. The van der Waals surface area contributed by atoms with Crippen LogP contribution in [0, 0.1) is 10.1 Å². The van der Waals surface area contributed by atoms with Crippen LogP contribution in [-0.2, 0) is 6.54 Å². The van der Waals surface area contributed by atoms with Gasteiger partial charge in [0.1, 0.15) is 0 Å². The van der Waals surface area contributed by atoms with Crippen molar-refractivity contribution < 1.29 is 4.92 Å². The van der Waals surface area contributed by atoms with Gasteiger partial charge in [-0.25, -0.2) is 0 Å². The normalized spacial score (nSPS) is 11.1. The molecule has 0 aliphatic carbocycles. The van der Waals surface area contributed by atoms with Crippen LogP contribution in [0.25, 0.3) is 0 Å². The molecule has 1 aromatic rings. The predicted octanol–water partition coefficient (Wildman–Crippen LogP) is 1.76. The van der Waals surface area contributed by atoms with E-state index in [4.69, 9.17) is 5.73 Å². The Morgan fingerprint density at radius 3 is 2.71 bits per heavy atom. The summed E-state index contributed by atoms with van der Waals surface area (Å²) < 4.78 is 0. The molecule has 0 bridgehead atoms. The second kappa shape index (κ2) is 6.32. The second-order valence-electron chi connectivity index (χ2n) is 4.28. The van der Waals surface area contributed by atoms with Crippen molar-refractivity contribution in [1.29, 1.82) is 0 Å². The van der Waals surface area contributed by atoms with Crippen molar-refractivity contribution in [3.05, 3.63) is 39.9 Å². The first-order valence-corrected chi connectivity index (χ1v) is 5.72. The number of hydrogen-bond donors (Lipinski definition) is 1. The van der Waals surface area contributed by atoms with Crippen LogP contribution in [0.2, 0.25) is 0 Å². The largest absolute Gasteiger partial charge is 0.329 e. The van der Waals surface area contributed by atoms with Crippen molar-refractivity contribution in [2.75, 3.05) is 13.1 Å². The van der Waals surface area contributed by atoms with Crippen LogP contribution in [0.3, 0.4) is 0 Å². The van der Waals surface area contributed by atoms with E-state index >= 15 is 0 Å². The van der Waals surface area contributed by atoms with Gasteiger partial charge in [0.2, 0.25) is 0 Å². The lowest BCUT2D eigenvalue weighted by atomic mass is 10.1. The van der Waals surface area contributed by atoms with Gasteiger partial charge in [-0.05, 0) is 19.4 Å². The minimum atomic E-state index is -0.369. The van der Waals surface area contributed by atoms with Crippen LogP contribution >= 0.6 is 0 Å². The molecule has 0 saturated carbocycles. The molecule has 1 rings (SSSR count). The summed E-state index contributed by atoms with van der Waals surface area (Å²) in [6.07, 6.45) is 0. The summed E-state index contributed by atoms with van der Waals surface area (Å²) in [6.45, 7) is 6.25. The van der Waals surface area contributed by atoms with Gasteiger partial charge < -0.3 is 5.73 Å². The molecule has 0 unspecified atom stereocenters. The molecule has 0 spiro atoms. The molecule has 5 nitrogen and oxygen atoms in total. The lowest BCUT2D eigenvalue weighted by molar-refractivity contribution is -0.384. The lowest BCUT2D eigenvalue weighted by Crippen LogP contribution is -2.34. The van der Waals surface area contributed by atoms with E-state index in [9.17, 15) is 10.1 Å². The van der Waals surface area contributed by atoms with Crippen LogP contribution in [0.15, 0.2) is 24.3 Å². The van der Waals surface area contributed by atoms with Crippen molar-refractivity contribution in [2.24, 2.45) is 5.73 Å². The first-order valence-electron chi connectivity index (χ1n) is 5.72. The molecule has 17 heavy (non-hydrogen) atoms. The van der Waals surface area contributed by atoms with Crippen LogP contribution < -0.4 is 5.73 Å². The van der Waals surface area contributed by atoms with E-state index in [1.807, 2.05) is 6.07 Å². The van der Waals surface area contributed by atoms with E-state index in [1.165, 1.54) is 6.07 Å². The van der Waals surface area contributed by atoms with Gasteiger partial charge in [-0.3, -0.25) is 15.0 Å². The van der Waals surface area contributed by atoms with Crippen LogP contribution in [0.4, 0.5) is 5.69 Å². The van der Waals surface area contributed by atoms with Crippen molar-refractivity contribution in [1.82, 2.24) is 4.90 Å². The van der Waals surface area contributed by atoms with E-state index in [0.29, 0.717) is 19.1 Å². The molecule has 0 aliphatic heterocycles. The minimum absolute atomic E-state index is 0.138. The second-order valence-corrected chi connectivity index (χ2v) is 4.28. The highest BCUT2D eigenvalue weighted by atomic mass is 16.6.